The Morgan fingerprint density at radius 1 is 1.58 bits per heavy atom. The molecule has 3 heteroatoms. The summed E-state index contributed by atoms with van der Waals surface area (Å²) in [5.41, 5.74) is -0.124. The maximum absolute atomic E-state index is 11.0. The van der Waals surface area contributed by atoms with E-state index in [9.17, 15) is 4.79 Å². The molecule has 0 aliphatic rings. The van der Waals surface area contributed by atoms with Gasteiger partial charge in [0.2, 0.25) is 5.91 Å². The van der Waals surface area contributed by atoms with E-state index in [0.717, 1.165) is 0 Å². The van der Waals surface area contributed by atoms with Crippen molar-refractivity contribution in [3.63, 3.8) is 0 Å². The first-order valence-electron chi connectivity index (χ1n) is 4.02. The molecule has 0 aromatic heterocycles. The van der Waals surface area contributed by atoms with Gasteiger partial charge in [-0.25, -0.2) is 0 Å². The minimum atomic E-state index is -0.211. The number of hydrogen-bond acceptors (Lipinski definition) is 2. The van der Waals surface area contributed by atoms with E-state index < -0.39 is 0 Å². The number of rotatable bonds is 2. The Morgan fingerprint density at radius 2 is 2.08 bits per heavy atom. The summed E-state index contributed by atoms with van der Waals surface area (Å²) in [5, 5.41) is 11.3. The highest BCUT2D eigenvalue weighted by Crippen LogP contribution is 2.27. The average Bonchev–Trinajstić information content (AvgIpc) is 1.97. The SMILES string of the molecule is CNC(=O)C[C@H](C#N)C(C)(C)C. The second-order valence-electron chi connectivity index (χ2n) is 3.93. The van der Waals surface area contributed by atoms with Crippen LogP contribution in [-0.2, 0) is 4.79 Å². The Hall–Kier alpha value is -1.04. The number of carbonyl (C=O) groups excluding carboxylic acids is 1. The van der Waals surface area contributed by atoms with Gasteiger partial charge in [0, 0.05) is 13.5 Å². The van der Waals surface area contributed by atoms with Crippen molar-refractivity contribution in [1.29, 1.82) is 5.26 Å². The summed E-state index contributed by atoms with van der Waals surface area (Å²) in [6.45, 7) is 5.89. The quantitative estimate of drug-likeness (QED) is 0.675. The number of amides is 1. The Kier molecular flexibility index (Phi) is 3.75. The standard InChI is InChI=1S/C9H16N2O/c1-9(2,3)7(6-10)5-8(12)11-4/h7H,5H2,1-4H3,(H,11,12)/t7-/m1/s1. The molecule has 0 unspecified atom stereocenters. The minimum Gasteiger partial charge on any atom is -0.359 e. The van der Waals surface area contributed by atoms with Crippen LogP contribution in [-0.4, -0.2) is 13.0 Å². The van der Waals surface area contributed by atoms with Gasteiger partial charge >= 0.3 is 0 Å². The predicted molar refractivity (Wildman–Crippen MR) is 47.2 cm³/mol. The van der Waals surface area contributed by atoms with Crippen molar-refractivity contribution in [2.24, 2.45) is 11.3 Å². The fraction of sp³-hybridized carbons (Fsp3) is 0.778. The summed E-state index contributed by atoms with van der Waals surface area (Å²) in [4.78, 5) is 11.0. The zero-order chi connectivity index (χ0) is 9.78. The summed E-state index contributed by atoms with van der Waals surface area (Å²) in [6, 6.07) is 2.15. The van der Waals surface area contributed by atoms with Gasteiger partial charge in [-0.2, -0.15) is 5.26 Å². The molecule has 68 valence electrons. The Morgan fingerprint density at radius 3 is 2.33 bits per heavy atom. The van der Waals surface area contributed by atoms with Gasteiger partial charge in [0.1, 0.15) is 0 Å². The van der Waals surface area contributed by atoms with Crippen LogP contribution in [0.5, 0.6) is 0 Å². The molecule has 1 N–H and O–H groups in total. The highest BCUT2D eigenvalue weighted by Gasteiger charge is 2.26. The molecule has 0 aliphatic heterocycles. The van der Waals surface area contributed by atoms with E-state index in [1.807, 2.05) is 20.8 Å². The van der Waals surface area contributed by atoms with Crippen molar-refractivity contribution in [3.8, 4) is 6.07 Å². The summed E-state index contributed by atoms with van der Waals surface area (Å²) < 4.78 is 0. The number of nitrogens with one attached hydrogen (secondary N) is 1. The van der Waals surface area contributed by atoms with Gasteiger partial charge in [-0.1, -0.05) is 20.8 Å². The summed E-state index contributed by atoms with van der Waals surface area (Å²) >= 11 is 0. The fourth-order valence-corrected chi connectivity index (χ4v) is 0.833. The Balaban J connectivity index is 4.22. The smallest absolute Gasteiger partial charge is 0.221 e. The van der Waals surface area contributed by atoms with E-state index in [0.29, 0.717) is 0 Å². The third kappa shape index (κ3) is 3.38. The molecular weight excluding hydrogens is 152 g/mol. The van der Waals surface area contributed by atoms with Crippen LogP contribution in [0, 0.1) is 22.7 Å². The van der Waals surface area contributed by atoms with Crippen LogP contribution < -0.4 is 5.32 Å². The van der Waals surface area contributed by atoms with Crippen LogP contribution >= 0.6 is 0 Å². The molecule has 12 heavy (non-hydrogen) atoms. The van der Waals surface area contributed by atoms with E-state index >= 15 is 0 Å². The normalized spacial score (nSPS) is 13.2. The van der Waals surface area contributed by atoms with E-state index in [4.69, 9.17) is 5.26 Å². The lowest BCUT2D eigenvalue weighted by Crippen LogP contribution is -2.27. The molecule has 1 atom stereocenters. The summed E-state index contributed by atoms with van der Waals surface area (Å²) in [5.74, 6) is -0.283. The lowest BCUT2D eigenvalue weighted by atomic mass is 9.79. The van der Waals surface area contributed by atoms with Gasteiger partial charge in [0.25, 0.3) is 0 Å². The molecule has 0 bridgehead atoms. The number of hydrogen-bond donors (Lipinski definition) is 1. The van der Waals surface area contributed by atoms with Gasteiger partial charge in [0.15, 0.2) is 0 Å². The highest BCUT2D eigenvalue weighted by atomic mass is 16.1. The van der Waals surface area contributed by atoms with Crippen LogP contribution in [0.2, 0.25) is 0 Å². The minimum absolute atomic E-state index is 0.0727. The predicted octanol–water partition coefficient (Wildman–Crippen LogP) is 1.31. The number of nitrogens with zero attached hydrogens (tertiary/aromatic N) is 1. The van der Waals surface area contributed by atoms with Crippen molar-refractivity contribution in [1.82, 2.24) is 5.32 Å². The number of carbonyl (C=O) groups is 1. The molecule has 0 aromatic carbocycles. The maximum Gasteiger partial charge on any atom is 0.221 e. The maximum atomic E-state index is 11.0. The van der Waals surface area contributed by atoms with Crippen molar-refractivity contribution < 1.29 is 4.79 Å². The van der Waals surface area contributed by atoms with E-state index in [1.54, 1.807) is 7.05 Å². The molecule has 0 aliphatic carbocycles. The van der Waals surface area contributed by atoms with Crippen molar-refractivity contribution >= 4 is 5.91 Å². The van der Waals surface area contributed by atoms with E-state index in [2.05, 4.69) is 11.4 Å². The summed E-state index contributed by atoms with van der Waals surface area (Å²) in [7, 11) is 1.58. The summed E-state index contributed by atoms with van der Waals surface area (Å²) in [6.07, 6.45) is 0.288. The lowest BCUT2D eigenvalue weighted by Gasteiger charge is -2.23. The molecule has 0 rings (SSSR count). The second-order valence-corrected chi connectivity index (χ2v) is 3.93. The van der Waals surface area contributed by atoms with E-state index in [-0.39, 0.29) is 23.7 Å². The van der Waals surface area contributed by atoms with Crippen LogP contribution in [0.15, 0.2) is 0 Å². The Labute approximate surface area is 73.8 Å². The van der Waals surface area contributed by atoms with Gasteiger partial charge in [0.05, 0.1) is 12.0 Å². The Bertz CT molecular complexity index is 198. The third-order valence-corrected chi connectivity index (χ3v) is 1.87. The molecule has 0 radical (unpaired) electrons. The molecule has 0 aromatic rings. The molecule has 0 fully saturated rings. The molecular formula is C9H16N2O. The monoisotopic (exact) mass is 168 g/mol. The van der Waals surface area contributed by atoms with Crippen LogP contribution in [0.4, 0.5) is 0 Å². The molecule has 0 saturated carbocycles. The van der Waals surface area contributed by atoms with Crippen molar-refractivity contribution in [2.75, 3.05) is 7.05 Å². The van der Waals surface area contributed by atoms with Gasteiger partial charge in [-0.05, 0) is 5.41 Å². The largest absolute Gasteiger partial charge is 0.359 e. The van der Waals surface area contributed by atoms with Gasteiger partial charge < -0.3 is 5.32 Å². The lowest BCUT2D eigenvalue weighted by molar-refractivity contribution is -0.121. The topological polar surface area (TPSA) is 52.9 Å². The van der Waals surface area contributed by atoms with Crippen molar-refractivity contribution in [2.45, 2.75) is 27.2 Å². The first-order valence-corrected chi connectivity index (χ1v) is 4.02. The zero-order valence-electron chi connectivity index (χ0n) is 8.14. The zero-order valence-corrected chi connectivity index (χ0v) is 8.14. The molecule has 0 spiro atoms. The highest BCUT2D eigenvalue weighted by molar-refractivity contribution is 5.76. The second kappa shape index (κ2) is 4.10. The van der Waals surface area contributed by atoms with Crippen LogP contribution in [0.1, 0.15) is 27.2 Å². The van der Waals surface area contributed by atoms with Gasteiger partial charge in [-0.3, -0.25) is 4.79 Å². The van der Waals surface area contributed by atoms with Crippen LogP contribution in [0.25, 0.3) is 0 Å². The van der Waals surface area contributed by atoms with Crippen LogP contribution in [0.3, 0.4) is 0 Å². The molecule has 0 heterocycles. The van der Waals surface area contributed by atoms with E-state index in [1.165, 1.54) is 0 Å². The fourth-order valence-electron chi connectivity index (χ4n) is 0.833. The molecule has 1 amide bonds. The average molecular weight is 168 g/mol. The van der Waals surface area contributed by atoms with Gasteiger partial charge in [-0.15, -0.1) is 0 Å². The third-order valence-electron chi connectivity index (χ3n) is 1.87. The molecule has 3 nitrogen and oxygen atoms in total. The van der Waals surface area contributed by atoms with Crippen molar-refractivity contribution in [3.05, 3.63) is 0 Å². The molecule has 0 saturated heterocycles. The first-order chi connectivity index (χ1) is 5.41. The first kappa shape index (κ1) is 11.0. The number of nitriles is 1.